The highest BCUT2D eigenvalue weighted by atomic mass is 32.2. The lowest BCUT2D eigenvalue weighted by molar-refractivity contribution is 0.316. The first kappa shape index (κ1) is 12.2. The van der Waals surface area contributed by atoms with E-state index in [2.05, 4.69) is 9.88 Å². The van der Waals surface area contributed by atoms with Gasteiger partial charge in [-0.05, 0) is 6.42 Å². The number of nitrogens with zero attached hydrogens (tertiary/aromatic N) is 1. The van der Waals surface area contributed by atoms with Crippen LogP contribution in [0, 0.1) is 0 Å². The predicted molar refractivity (Wildman–Crippen MR) is 50.1 cm³/mol. The molecular formula is C6H15N3O3S. The molecule has 0 fully saturated rings. The van der Waals surface area contributed by atoms with Crippen LogP contribution in [0.1, 0.15) is 19.8 Å². The zero-order chi connectivity index (χ0) is 10.5. The summed E-state index contributed by atoms with van der Waals surface area (Å²) in [6.07, 6.45) is 1.87. The van der Waals surface area contributed by atoms with Gasteiger partial charge in [0.1, 0.15) is 5.84 Å². The molecule has 0 spiro atoms. The second-order valence-corrected chi connectivity index (χ2v) is 4.57. The summed E-state index contributed by atoms with van der Waals surface area (Å²) >= 11 is 0. The molecule has 0 aliphatic heterocycles. The molecule has 1 atom stereocenters. The number of amidine groups is 1. The van der Waals surface area contributed by atoms with Crippen molar-refractivity contribution in [1.29, 1.82) is 0 Å². The molecule has 0 bridgehead atoms. The first-order valence-corrected chi connectivity index (χ1v) is 5.72. The number of hydrogen-bond donors (Lipinski definition) is 3. The van der Waals surface area contributed by atoms with Gasteiger partial charge in [0.25, 0.3) is 0 Å². The molecule has 6 nitrogen and oxygen atoms in total. The molecule has 0 aromatic carbocycles. The molecular weight excluding hydrogens is 194 g/mol. The van der Waals surface area contributed by atoms with E-state index < -0.39 is 10.0 Å². The molecule has 1 unspecified atom stereocenters. The molecule has 0 aliphatic carbocycles. The largest absolute Gasteiger partial charge is 0.409 e. The molecule has 0 heterocycles. The zero-order valence-corrected chi connectivity index (χ0v) is 8.50. The topological polar surface area (TPSA) is 105 Å². The summed E-state index contributed by atoms with van der Waals surface area (Å²) in [6.45, 7) is 1.81. The van der Waals surface area contributed by atoms with Gasteiger partial charge in [-0.1, -0.05) is 12.1 Å². The Bertz CT molecular complexity index is 273. The van der Waals surface area contributed by atoms with Gasteiger partial charge >= 0.3 is 0 Å². The Balaban J connectivity index is 4.21. The van der Waals surface area contributed by atoms with Crippen molar-refractivity contribution in [1.82, 2.24) is 4.72 Å². The van der Waals surface area contributed by atoms with Crippen LogP contribution < -0.4 is 10.5 Å². The van der Waals surface area contributed by atoms with Gasteiger partial charge in [0.2, 0.25) is 10.0 Å². The highest BCUT2D eigenvalue weighted by Crippen LogP contribution is 1.98. The van der Waals surface area contributed by atoms with E-state index in [1.807, 2.05) is 6.92 Å². The average Bonchev–Trinajstić information content (AvgIpc) is 2.00. The minimum absolute atomic E-state index is 0.0167. The van der Waals surface area contributed by atoms with Crippen molar-refractivity contribution in [3.63, 3.8) is 0 Å². The molecule has 13 heavy (non-hydrogen) atoms. The Morgan fingerprint density at radius 1 is 1.69 bits per heavy atom. The van der Waals surface area contributed by atoms with E-state index in [1.54, 1.807) is 0 Å². The number of nitrogens with two attached hydrogens (primary N) is 1. The van der Waals surface area contributed by atoms with Gasteiger partial charge in [-0.25, -0.2) is 13.1 Å². The highest BCUT2D eigenvalue weighted by molar-refractivity contribution is 7.88. The number of hydrogen-bond acceptors (Lipinski definition) is 4. The summed E-state index contributed by atoms with van der Waals surface area (Å²) in [5.74, 6) is 0.0167. The van der Waals surface area contributed by atoms with Crippen molar-refractivity contribution < 1.29 is 13.6 Å². The van der Waals surface area contributed by atoms with E-state index in [-0.39, 0.29) is 18.3 Å². The maximum Gasteiger partial charge on any atom is 0.208 e. The van der Waals surface area contributed by atoms with Crippen LogP contribution in [0.15, 0.2) is 5.16 Å². The molecule has 0 saturated heterocycles. The molecule has 0 aromatic heterocycles. The van der Waals surface area contributed by atoms with E-state index >= 15 is 0 Å². The minimum Gasteiger partial charge on any atom is -0.409 e. The summed E-state index contributed by atoms with van der Waals surface area (Å²) < 4.78 is 24.0. The van der Waals surface area contributed by atoms with Gasteiger partial charge in [0.05, 0.1) is 6.26 Å². The van der Waals surface area contributed by atoms with Crippen molar-refractivity contribution in [2.24, 2.45) is 10.9 Å². The van der Waals surface area contributed by atoms with Crippen LogP contribution in [-0.2, 0) is 10.0 Å². The fraction of sp³-hybridized carbons (Fsp3) is 0.833. The normalized spacial score (nSPS) is 15.7. The van der Waals surface area contributed by atoms with Crippen LogP contribution in [0.3, 0.4) is 0 Å². The lowest BCUT2D eigenvalue weighted by Gasteiger charge is -2.13. The fourth-order valence-electron chi connectivity index (χ4n) is 0.865. The van der Waals surface area contributed by atoms with E-state index in [1.165, 1.54) is 0 Å². The first-order chi connectivity index (χ1) is 5.89. The van der Waals surface area contributed by atoms with Gasteiger partial charge in [0.15, 0.2) is 0 Å². The highest BCUT2D eigenvalue weighted by Gasteiger charge is 2.13. The van der Waals surface area contributed by atoms with Crippen LogP contribution >= 0.6 is 0 Å². The Hall–Kier alpha value is -0.820. The monoisotopic (exact) mass is 209 g/mol. The van der Waals surface area contributed by atoms with Gasteiger partial charge in [0, 0.05) is 12.5 Å². The summed E-state index contributed by atoms with van der Waals surface area (Å²) in [5, 5.41) is 11.0. The maximum absolute atomic E-state index is 10.8. The lowest BCUT2D eigenvalue weighted by Crippen LogP contribution is -2.36. The predicted octanol–water partition coefficient (Wildman–Crippen LogP) is -0.549. The molecule has 0 aromatic rings. The summed E-state index contributed by atoms with van der Waals surface area (Å²) in [4.78, 5) is 0. The SMILES string of the molecule is CCC(CC(N)=NO)NS(C)(=O)=O. The van der Waals surface area contributed by atoms with Crippen LogP contribution in [0.5, 0.6) is 0 Å². The maximum atomic E-state index is 10.8. The van der Waals surface area contributed by atoms with Gasteiger partial charge in [-0.3, -0.25) is 0 Å². The molecule has 0 radical (unpaired) electrons. The standard InChI is InChI=1S/C6H15N3O3S/c1-3-5(4-6(7)8-10)9-13(2,11)12/h5,9-10H,3-4H2,1-2H3,(H2,7,8). The third-order valence-electron chi connectivity index (χ3n) is 1.46. The smallest absolute Gasteiger partial charge is 0.208 e. The number of rotatable bonds is 5. The zero-order valence-electron chi connectivity index (χ0n) is 7.69. The van der Waals surface area contributed by atoms with Crippen molar-refractivity contribution in [2.45, 2.75) is 25.8 Å². The van der Waals surface area contributed by atoms with E-state index in [9.17, 15) is 8.42 Å². The molecule has 0 amide bonds. The summed E-state index contributed by atoms with van der Waals surface area (Å²) in [7, 11) is -3.23. The Morgan fingerprint density at radius 2 is 2.23 bits per heavy atom. The second-order valence-electron chi connectivity index (χ2n) is 2.79. The third-order valence-corrected chi connectivity index (χ3v) is 2.22. The molecule has 7 heteroatoms. The molecule has 0 rings (SSSR count). The van der Waals surface area contributed by atoms with Crippen molar-refractivity contribution in [2.75, 3.05) is 6.26 Å². The summed E-state index contributed by atoms with van der Waals surface area (Å²) in [6, 6.07) is -0.314. The fourth-order valence-corrected chi connectivity index (χ4v) is 1.72. The lowest BCUT2D eigenvalue weighted by atomic mass is 10.1. The van der Waals surface area contributed by atoms with Crippen LogP contribution in [-0.4, -0.2) is 31.8 Å². The number of nitrogens with one attached hydrogen (secondary N) is 1. The average molecular weight is 209 g/mol. The van der Waals surface area contributed by atoms with Gasteiger partial charge < -0.3 is 10.9 Å². The van der Waals surface area contributed by atoms with Crippen molar-refractivity contribution in [3.05, 3.63) is 0 Å². The summed E-state index contributed by atoms with van der Waals surface area (Å²) in [5.41, 5.74) is 5.23. The number of oxime groups is 1. The molecule has 0 saturated carbocycles. The molecule has 78 valence electrons. The van der Waals surface area contributed by atoms with E-state index in [4.69, 9.17) is 10.9 Å². The van der Waals surface area contributed by atoms with Crippen molar-refractivity contribution >= 4 is 15.9 Å². The Labute approximate surface area is 77.9 Å². The first-order valence-electron chi connectivity index (χ1n) is 3.82. The van der Waals surface area contributed by atoms with Crippen LogP contribution in [0.2, 0.25) is 0 Å². The van der Waals surface area contributed by atoms with Crippen LogP contribution in [0.25, 0.3) is 0 Å². The van der Waals surface area contributed by atoms with Crippen molar-refractivity contribution in [3.8, 4) is 0 Å². The Morgan fingerprint density at radius 3 is 2.54 bits per heavy atom. The van der Waals surface area contributed by atoms with E-state index in [0.29, 0.717) is 6.42 Å². The molecule has 0 aliphatic rings. The molecule has 4 N–H and O–H groups in total. The van der Waals surface area contributed by atoms with Gasteiger partial charge in [-0.2, -0.15) is 0 Å². The number of sulfonamides is 1. The third kappa shape index (κ3) is 6.35. The minimum atomic E-state index is -3.23. The Kier molecular flexibility index (Phi) is 4.71. The second kappa shape index (κ2) is 5.03. The van der Waals surface area contributed by atoms with Crippen LogP contribution in [0.4, 0.5) is 0 Å². The van der Waals surface area contributed by atoms with Gasteiger partial charge in [-0.15, -0.1) is 0 Å². The quantitative estimate of drug-likeness (QED) is 0.244. The van der Waals surface area contributed by atoms with E-state index in [0.717, 1.165) is 6.26 Å².